The van der Waals surface area contributed by atoms with Gasteiger partial charge in [-0.2, -0.15) is 15.5 Å². The summed E-state index contributed by atoms with van der Waals surface area (Å²) in [6.45, 7) is 0. The molecule has 0 amide bonds. The van der Waals surface area contributed by atoms with Gasteiger partial charge in [0.15, 0.2) is 17.7 Å². The number of nitrogens with zero attached hydrogens (tertiary/aromatic N) is 1. The second-order valence-electron chi connectivity index (χ2n) is 2.20. The van der Waals surface area contributed by atoms with Crippen LogP contribution in [0.2, 0.25) is 0 Å². The highest BCUT2D eigenvalue weighted by Crippen LogP contribution is 2.49. The van der Waals surface area contributed by atoms with Crippen LogP contribution in [-0.4, -0.2) is 9.68 Å². The molecular weight excluding hydrogens is 329 g/mol. The molecule has 1 aliphatic heterocycles. The molecule has 0 N–H and O–H groups in total. The maximum atomic E-state index is 12.5. The molecule has 1 heterocycles. The quantitative estimate of drug-likeness (QED) is 0.481. The van der Waals surface area contributed by atoms with Crippen LogP contribution >= 0.6 is 60.9 Å². The van der Waals surface area contributed by atoms with Gasteiger partial charge in [0, 0.05) is 0 Å². The molecular formula is C5HF5NS5. The summed E-state index contributed by atoms with van der Waals surface area (Å²) in [4.78, 5) is -1.30. The lowest BCUT2D eigenvalue weighted by atomic mass is 10.4. The molecule has 1 aliphatic rings. The van der Waals surface area contributed by atoms with Crippen LogP contribution in [0.1, 0.15) is 0 Å². The lowest BCUT2D eigenvalue weighted by Crippen LogP contribution is -2.25. The van der Waals surface area contributed by atoms with Gasteiger partial charge in [0.1, 0.15) is 0 Å². The Bertz CT molecular complexity index is 310. The summed E-state index contributed by atoms with van der Waals surface area (Å²) in [5.74, 6) is 0. The van der Waals surface area contributed by atoms with Crippen molar-refractivity contribution >= 4 is 60.9 Å². The Morgan fingerprint density at radius 1 is 1.00 bits per heavy atom. The van der Waals surface area contributed by atoms with Crippen molar-refractivity contribution in [2.75, 3.05) is 0 Å². The first-order chi connectivity index (χ1) is 7.73. The van der Waals surface area contributed by atoms with Gasteiger partial charge < -0.3 is 0 Å². The summed E-state index contributed by atoms with van der Waals surface area (Å²) in [7, 11) is 0. The van der Waals surface area contributed by atoms with Gasteiger partial charge in [-0.25, -0.2) is 0 Å². The Morgan fingerprint density at radius 2 is 1.69 bits per heavy atom. The van der Waals surface area contributed by atoms with Gasteiger partial charge in [0.2, 0.25) is 0 Å². The molecule has 0 saturated heterocycles. The van der Waals surface area contributed by atoms with Gasteiger partial charge >= 0.3 is 0 Å². The topological polar surface area (TPSA) is 3.24 Å². The van der Waals surface area contributed by atoms with E-state index in [1.54, 1.807) is 0 Å². The van der Waals surface area contributed by atoms with E-state index in [9.17, 15) is 19.4 Å². The predicted molar refractivity (Wildman–Crippen MR) is 62.9 cm³/mol. The minimum absolute atomic E-state index is 0.398. The Kier molecular flexibility index (Phi) is 6.62. The van der Waals surface area contributed by atoms with E-state index in [0.717, 1.165) is 0 Å². The third kappa shape index (κ3) is 2.92. The van der Waals surface area contributed by atoms with Crippen molar-refractivity contribution in [2.45, 2.75) is 5.37 Å². The van der Waals surface area contributed by atoms with Gasteiger partial charge in [-0.15, -0.1) is 3.89 Å². The zero-order chi connectivity index (χ0) is 12.1. The Hall–Kier alpha value is 0.680. The average Bonchev–Trinajstić information content (AvgIpc) is 2.35. The first-order valence-electron chi connectivity index (χ1n) is 3.32. The number of hydrogen-bond acceptors (Lipinski definition) is 6. The Labute approximate surface area is 111 Å². The first kappa shape index (κ1) is 14.7. The van der Waals surface area contributed by atoms with Gasteiger partial charge in [0.25, 0.3) is 0 Å². The summed E-state index contributed by atoms with van der Waals surface area (Å²) < 4.78 is 62.8. The summed E-state index contributed by atoms with van der Waals surface area (Å²) in [6.07, 6.45) is 2.09. The van der Waals surface area contributed by atoms with E-state index in [1.165, 1.54) is 0 Å². The zero-order valence-corrected chi connectivity index (χ0v) is 11.0. The normalized spacial score (nSPS) is 21.4. The van der Waals surface area contributed by atoms with Crippen molar-refractivity contribution in [3.8, 4) is 0 Å². The molecule has 0 aliphatic carbocycles. The molecule has 91 valence electrons. The fourth-order valence-corrected chi connectivity index (χ4v) is 3.52. The number of hydrogen-bond donors (Lipinski definition) is 0. The predicted octanol–water partition coefficient (Wildman–Crippen LogP) is 5.49. The van der Waals surface area contributed by atoms with Crippen LogP contribution in [-0.2, 0) is 0 Å². The minimum atomic E-state index is -1.42. The van der Waals surface area contributed by atoms with Crippen LogP contribution in [0.15, 0.2) is 14.7 Å². The lowest BCUT2D eigenvalue weighted by molar-refractivity contribution is 0.580. The molecule has 0 fully saturated rings. The largest absolute Gasteiger partial charge is 0.265 e. The molecule has 0 aromatic heterocycles. The molecule has 0 spiro atoms. The van der Waals surface area contributed by atoms with Crippen molar-refractivity contribution < 1.29 is 19.4 Å². The monoisotopic (exact) mass is 330 g/mol. The Balaban J connectivity index is 3.15. The number of halogens is 5. The molecule has 1 rings (SSSR count). The second-order valence-corrected chi connectivity index (χ2v) is 5.08. The number of rotatable bonds is 5. The van der Waals surface area contributed by atoms with E-state index in [4.69, 9.17) is 0 Å². The van der Waals surface area contributed by atoms with Crippen molar-refractivity contribution in [1.29, 1.82) is 0 Å². The molecule has 1 radical (unpaired) electrons. The van der Waals surface area contributed by atoms with Crippen LogP contribution in [0.4, 0.5) is 19.4 Å². The van der Waals surface area contributed by atoms with Crippen LogP contribution < -0.4 is 0 Å². The van der Waals surface area contributed by atoms with Gasteiger partial charge in [-0.1, -0.05) is 0 Å². The average molecular weight is 330 g/mol. The maximum Gasteiger partial charge on any atom is 0.166 e. The van der Waals surface area contributed by atoms with E-state index < -0.39 is 81.0 Å². The SMILES string of the molecule is FSC1=[C]N(SF)C(SF)C(SF)=C1SF. The highest BCUT2D eigenvalue weighted by Gasteiger charge is 2.35. The minimum Gasteiger partial charge on any atom is -0.265 e. The van der Waals surface area contributed by atoms with Gasteiger partial charge in [-0.3, -0.25) is 4.31 Å². The third-order valence-electron chi connectivity index (χ3n) is 1.48. The van der Waals surface area contributed by atoms with Crippen LogP contribution in [0.25, 0.3) is 0 Å². The van der Waals surface area contributed by atoms with Gasteiger partial charge in [-0.05, 0) is 0 Å². The zero-order valence-electron chi connectivity index (χ0n) is 6.96. The molecule has 0 saturated carbocycles. The van der Waals surface area contributed by atoms with Crippen molar-refractivity contribution in [2.24, 2.45) is 0 Å². The first-order valence-corrected chi connectivity index (χ1v) is 6.93. The van der Waals surface area contributed by atoms with Crippen LogP contribution in [0, 0.1) is 6.20 Å². The van der Waals surface area contributed by atoms with Crippen molar-refractivity contribution in [3.63, 3.8) is 0 Å². The van der Waals surface area contributed by atoms with E-state index in [2.05, 4.69) is 6.20 Å². The lowest BCUT2D eigenvalue weighted by Gasteiger charge is -2.27. The molecule has 0 aromatic rings. The molecule has 16 heavy (non-hydrogen) atoms. The highest BCUT2D eigenvalue weighted by atomic mass is 32.2. The Morgan fingerprint density at radius 3 is 2.06 bits per heavy atom. The van der Waals surface area contributed by atoms with Crippen LogP contribution in [0.5, 0.6) is 0 Å². The molecule has 1 nitrogen and oxygen atoms in total. The highest BCUT2D eigenvalue weighted by molar-refractivity contribution is 8.06. The van der Waals surface area contributed by atoms with E-state index in [1.807, 2.05) is 0 Å². The molecule has 0 aromatic carbocycles. The van der Waals surface area contributed by atoms with Crippen LogP contribution in [0.3, 0.4) is 0 Å². The summed E-state index contributed by atoms with van der Waals surface area (Å²) in [5.41, 5.74) is 0. The van der Waals surface area contributed by atoms with E-state index >= 15 is 0 Å². The fraction of sp³-hybridized carbons (Fsp3) is 0.200. The molecule has 1 atom stereocenters. The smallest absolute Gasteiger partial charge is 0.166 e. The van der Waals surface area contributed by atoms with E-state index in [0.29, 0.717) is 4.31 Å². The van der Waals surface area contributed by atoms with Gasteiger partial charge in [0.05, 0.1) is 69.5 Å². The standard InChI is InChI=1S/C5HF5NS5/c6-12-2-1-11(16-10)5(15-9)4(14-8)3(2)13-7/h5H. The van der Waals surface area contributed by atoms with Crippen molar-refractivity contribution in [3.05, 3.63) is 20.9 Å². The summed E-state index contributed by atoms with van der Waals surface area (Å²) in [6, 6.07) is 0. The van der Waals surface area contributed by atoms with Crippen molar-refractivity contribution in [1.82, 2.24) is 4.31 Å². The molecule has 1 unspecified atom stereocenters. The summed E-state index contributed by atoms with van der Waals surface area (Å²) >= 11 is -2.16. The second kappa shape index (κ2) is 7.19. The fourth-order valence-electron chi connectivity index (χ4n) is 0.869. The molecule has 0 bridgehead atoms. The molecule has 11 heteroatoms. The third-order valence-corrected chi connectivity index (χ3v) is 4.70. The summed E-state index contributed by atoms with van der Waals surface area (Å²) in [5, 5.41) is -1.42. The maximum absolute atomic E-state index is 12.5. The van der Waals surface area contributed by atoms with E-state index in [-0.39, 0.29) is 0 Å².